The molecule has 1 saturated carbocycles. The number of hydrogen-bond acceptors (Lipinski definition) is 7. The fourth-order valence-electron chi connectivity index (χ4n) is 2.59. The van der Waals surface area contributed by atoms with Crippen molar-refractivity contribution >= 4 is 5.82 Å². The first-order valence-corrected chi connectivity index (χ1v) is 8.54. The summed E-state index contributed by atoms with van der Waals surface area (Å²) in [5.74, 6) is 4.18. The van der Waals surface area contributed by atoms with Gasteiger partial charge in [-0.25, -0.2) is 9.97 Å². The molecule has 0 aliphatic heterocycles. The van der Waals surface area contributed by atoms with E-state index < -0.39 is 0 Å². The molecule has 0 spiro atoms. The molecule has 130 valence electrons. The molecule has 4 rings (SSSR count). The average molecular weight is 339 g/mol. The molecule has 8 heteroatoms. The zero-order valence-electron chi connectivity index (χ0n) is 14.6. The van der Waals surface area contributed by atoms with Crippen molar-refractivity contribution in [2.24, 2.45) is 7.05 Å². The molecule has 0 radical (unpaired) electrons. The number of anilines is 1. The molecule has 3 aromatic rings. The molecule has 1 fully saturated rings. The summed E-state index contributed by atoms with van der Waals surface area (Å²) in [5.41, 5.74) is 0.820. The van der Waals surface area contributed by atoms with E-state index in [1.54, 1.807) is 10.9 Å². The lowest BCUT2D eigenvalue weighted by Gasteiger charge is -2.08. The molecular formula is C17H21N7O. The number of rotatable bonds is 6. The molecular weight excluding hydrogens is 318 g/mol. The summed E-state index contributed by atoms with van der Waals surface area (Å²) in [6, 6.07) is 4.18. The standard InChI is InChI=1S/C17H21N7O/c1-10(2)19-13-7-6-12(9-18-13)17-21-15(25-23-17)8-14-20-16(11-4-5-11)22-24(14)3/h6-7,9-11H,4-5,8H2,1-3H3,(H,18,19). The Hall–Kier alpha value is -2.77. The van der Waals surface area contributed by atoms with E-state index in [4.69, 9.17) is 4.52 Å². The average Bonchev–Trinajstić information content (AvgIpc) is 3.22. The summed E-state index contributed by atoms with van der Waals surface area (Å²) in [7, 11) is 1.90. The van der Waals surface area contributed by atoms with Gasteiger partial charge >= 0.3 is 0 Å². The van der Waals surface area contributed by atoms with Crippen LogP contribution in [0.2, 0.25) is 0 Å². The van der Waals surface area contributed by atoms with E-state index in [1.807, 2.05) is 19.2 Å². The fraction of sp³-hybridized carbons (Fsp3) is 0.471. The third-order valence-corrected chi connectivity index (χ3v) is 4.05. The van der Waals surface area contributed by atoms with Crippen LogP contribution in [0.4, 0.5) is 5.82 Å². The molecule has 0 unspecified atom stereocenters. The summed E-state index contributed by atoms with van der Waals surface area (Å²) in [5, 5.41) is 11.8. The Morgan fingerprint density at radius 1 is 1.28 bits per heavy atom. The van der Waals surface area contributed by atoms with E-state index >= 15 is 0 Å². The van der Waals surface area contributed by atoms with Gasteiger partial charge in [-0.3, -0.25) is 4.68 Å². The Kier molecular flexibility index (Phi) is 3.95. The maximum Gasteiger partial charge on any atom is 0.234 e. The molecule has 3 heterocycles. The van der Waals surface area contributed by atoms with Crippen LogP contribution in [0.1, 0.15) is 50.1 Å². The maximum absolute atomic E-state index is 5.37. The van der Waals surface area contributed by atoms with Crippen molar-refractivity contribution in [3.05, 3.63) is 35.9 Å². The Balaban J connectivity index is 1.48. The lowest BCUT2D eigenvalue weighted by atomic mass is 10.2. The molecule has 1 aliphatic carbocycles. The number of aromatic nitrogens is 6. The van der Waals surface area contributed by atoms with Gasteiger partial charge in [-0.2, -0.15) is 10.1 Å². The third kappa shape index (κ3) is 3.52. The first kappa shape index (κ1) is 15.7. The molecule has 0 saturated heterocycles. The molecule has 3 aromatic heterocycles. The monoisotopic (exact) mass is 339 g/mol. The van der Waals surface area contributed by atoms with Gasteiger partial charge in [0.1, 0.15) is 11.6 Å². The highest BCUT2D eigenvalue weighted by molar-refractivity contribution is 5.55. The van der Waals surface area contributed by atoms with Crippen molar-refractivity contribution < 1.29 is 4.52 Å². The van der Waals surface area contributed by atoms with Crippen LogP contribution in [0.25, 0.3) is 11.4 Å². The topological polar surface area (TPSA) is 94.6 Å². The van der Waals surface area contributed by atoms with Gasteiger partial charge in [-0.05, 0) is 38.8 Å². The lowest BCUT2D eigenvalue weighted by molar-refractivity contribution is 0.382. The second kappa shape index (κ2) is 6.27. The summed E-state index contributed by atoms with van der Waals surface area (Å²) < 4.78 is 7.17. The summed E-state index contributed by atoms with van der Waals surface area (Å²) in [4.78, 5) is 13.4. The first-order chi connectivity index (χ1) is 12.1. The van der Waals surface area contributed by atoms with Gasteiger partial charge in [0.2, 0.25) is 11.7 Å². The van der Waals surface area contributed by atoms with Gasteiger partial charge in [0, 0.05) is 30.8 Å². The minimum absolute atomic E-state index is 0.335. The molecule has 25 heavy (non-hydrogen) atoms. The molecule has 0 bridgehead atoms. The predicted octanol–water partition coefficient (Wildman–Crippen LogP) is 2.55. The van der Waals surface area contributed by atoms with E-state index in [0.717, 1.165) is 23.0 Å². The largest absolute Gasteiger partial charge is 0.368 e. The summed E-state index contributed by atoms with van der Waals surface area (Å²) >= 11 is 0. The second-order valence-electron chi connectivity index (χ2n) is 6.70. The van der Waals surface area contributed by atoms with Crippen molar-refractivity contribution in [3.8, 4) is 11.4 Å². The van der Waals surface area contributed by atoms with Gasteiger partial charge < -0.3 is 9.84 Å². The number of hydrogen-bond donors (Lipinski definition) is 1. The number of aryl methyl sites for hydroxylation is 1. The van der Waals surface area contributed by atoms with Crippen molar-refractivity contribution in [1.29, 1.82) is 0 Å². The van der Waals surface area contributed by atoms with E-state index in [-0.39, 0.29) is 0 Å². The van der Waals surface area contributed by atoms with E-state index in [0.29, 0.717) is 30.1 Å². The maximum atomic E-state index is 5.37. The lowest BCUT2D eigenvalue weighted by Crippen LogP contribution is -2.10. The van der Waals surface area contributed by atoms with Crippen molar-refractivity contribution in [2.75, 3.05) is 5.32 Å². The van der Waals surface area contributed by atoms with Crippen molar-refractivity contribution in [3.63, 3.8) is 0 Å². The van der Waals surface area contributed by atoms with Crippen LogP contribution in [-0.4, -0.2) is 35.9 Å². The zero-order chi connectivity index (χ0) is 17.4. The molecule has 1 aliphatic rings. The van der Waals surface area contributed by atoms with E-state index in [2.05, 4.69) is 44.4 Å². The van der Waals surface area contributed by atoms with Crippen LogP contribution >= 0.6 is 0 Å². The van der Waals surface area contributed by atoms with Crippen LogP contribution in [-0.2, 0) is 13.5 Å². The highest BCUT2D eigenvalue weighted by atomic mass is 16.5. The third-order valence-electron chi connectivity index (χ3n) is 4.05. The Morgan fingerprint density at radius 2 is 2.12 bits per heavy atom. The highest BCUT2D eigenvalue weighted by Gasteiger charge is 2.28. The van der Waals surface area contributed by atoms with Crippen LogP contribution in [0.5, 0.6) is 0 Å². The molecule has 0 amide bonds. The van der Waals surface area contributed by atoms with Crippen molar-refractivity contribution in [2.45, 2.75) is 45.1 Å². The minimum Gasteiger partial charge on any atom is -0.368 e. The summed E-state index contributed by atoms with van der Waals surface area (Å²) in [6.07, 6.45) is 4.59. The normalized spacial score (nSPS) is 14.2. The van der Waals surface area contributed by atoms with Gasteiger partial charge in [0.25, 0.3) is 0 Å². The van der Waals surface area contributed by atoms with Gasteiger partial charge in [-0.15, -0.1) is 0 Å². The number of pyridine rings is 1. The fourth-order valence-corrected chi connectivity index (χ4v) is 2.59. The molecule has 0 atom stereocenters. The van der Waals surface area contributed by atoms with Crippen LogP contribution in [0.15, 0.2) is 22.9 Å². The van der Waals surface area contributed by atoms with Crippen LogP contribution < -0.4 is 5.32 Å². The quantitative estimate of drug-likeness (QED) is 0.737. The van der Waals surface area contributed by atoms with Gasteiger partial charge in [0.15, 0.2) is 5.82 Å². The zero-order valence-corrected chi connectivity index (χ0v) is 14.6. The van der Waals surface area contributed by atoms with Crippen LogP contribution in [0.3, 0.4) is 0 Å². The smallest absolute Gasteiger partial charge is 0.234 e. The van der Waals surface area contributed by atoms with Crippen LogP contribution in [0, 0.1) is 0 Å². The molecule has 1 N–H and O–H groups in total. The number of nitrogens with one attached hydrogen (secondary N) is 1. The molecule has 8 nitrogen and oxygen atoms in total. The first-order valence-electron chi connectivity index (χ1n) is 8.54. The summed E-state index contributed by atoms with van der Waals surface area (Å²) in [6.45, 7) is 4.14. The van der Waals surface area contributed by atoms with Crippen molar-refractivity contribution in [1.82, 2.24) is 29.9 Å². The Morgan fingerprint density at radius 3 is 2.80 bits per heavy atom. The SMILES string of the molecule is CC(C)Nc1ccc(-c2noc(Cc3nc(C4CC4)nn3C)n2)cn1. The second-order valence-corrected chi connectivity index (χ2v) is 6.70. The van der Waals surface area contributed by atoms with Gasteiger partial charge in [-0.1, -0.05) is 5.16 Å². The number of nitrogens with zero attached hydrogens (tertiary/aromatic N) is 6. The Labute approximate surface area is 145 Å². The highest BCUT2D eigenvalue weighted by Crippen LogP contribution is 2.38. The predicted molar refractivity (Wildman–Crippen MR) is 92.1 cm³/mol. The van der Waals surface area contributed by atoms with Gasteiger partial charge in [0.05, 0.1) is 6.42 Å². The van der Waals surface area contributed by atoms with E-state index in [9.17, 15) is 0 Å². The molecule has 0 aromatic carbocycles. The van der Waals surface area contributed by atoms with E-state index in [1.165, 1.54) is 12.8 Å². The minimum atomic E-state index is 0.335. The Bertz CT molecular complexity index is 862.